The van der Waals surface area contributed by atoms with Crippen LogP contribution in [-0.4, -0.2) is 50.2 Å². The summed E-state index contributed by atoms with van der Waals surface area (Å²) >= 11 is 9.46. The first kappa shape index (κ1) is 19.2. The molecule has 0 spiro atoms. The maximum absolute atomic E-state index is 12.2. The Bertz CT molecular complexity index is 747. The largest absolute Gasteiger partial charge is 0.484 e. The predicted octanol–water partition coefficient (Wildman–Crippen LogP) is 3.34. The zero-order chi connectivity index (χ0) is 18.4. The van der Waals surface area contributed by atoms with Crippen LogP contribution in [0.4, 0.5) is 0 Å². The molecule has 0 unspecified atom stereocenters. The van der Waals surface area contributed by atoms with Gasteiger partial charge in [-0.3, -0.25) is 9.69 Å². The second-order valence-electron chi connectivity index (χ2n) is 5.84. The molecule has 1 N–H and O–H groups in total. The third kappa shape index (κ3) is 5.48. The Labute approximate surface area is 165 Å². The Morgan fingerprint density at radius 2 is 2.08 bits per heavy atom. The zero-order valence-electron chi connectivity index (χ0n) is 14.2. The molecule has 26 heavy (non-hydrogen) atoms. The molecule has 140 valence electrons. The van der Waals surface area contributed by atoms with Crippen LogP contribution >= 0.6 is 27.5 Å². The number of hydrogen-bond acceptors (Lipinski definition) is 5. The summed E-state index contributed by atoms with van der Waals surface area (Å²) in [5, 5.41) is 3.37. The van der Waals surface area contributed by atoms with Crippen LogP contribution in [0, 0.1) is 0 Å². The van der Waals surface area contributed by atoms with Crippen LogP contribution in [0.25, 0.3) is 0 Å². The smallest absolute Gasteiger partial charge is 0.287 e. The second-order valence-corrected chi connectivity index (χ2v) is 7.16. The molecule has 0 saturated carbocycles. The van der Waals surface area contributed by atoms with E-state index in [2.05, 4.69) is 26.1 Å². The van der Waals surface area contributed by atoms with E-state index in [9.17, 15) is 4.79 Å². The SMILES string of the molecule is O=C(NCCN1CCOCC1)c1ccc(COc2ccc(Br)cc2Cl)o1. The molecule has 2 heterocycles. The van der Waals surface area contributed by atoms with Gasteiger partial charge in [0.15, 0.2) is 5.76 Å². The number of ether oxygens (including phenoxy) is 2. The number of furan rings is 1. The lowest BCUT2D eigenvalue weighted by Gasteiger charge is -2.26. The molecule has 1 amide bonds. The van der Waals surface area contributed by atoms with Crippen molar-refractivity contribution >= 4 is 33.4 Å². The van der Waals surface area contributed by atoms with Gasteiger partial charge >= 0.3 is 0 Å². The molecule has 1 aliphatic rings. The average molecular weight is 444 g/mol. The summed E-state index contributed by atoms with van der Waals surface area (Å²) in [7, 11) is 0. The maximum Gasteiger partial charge on any atom is 0.287 e. The van der Waals surface area contributed by atoms with E-state index in [0.29, 0.717) is 23.1 Å². The van der Waals surface area contributed by atoms with Gasteiger partial charge in [0.05, 0.1) is 18.2 Å². The first-order valence-electron chi connectivity index (χ1n) is 8.36. The average Bonchev–Trinajstić information content (AvgIpc) is 3.11. The summed E-state index contributed by atoms with van der Waals surface area (Å²) in [5.41, 5.74) is 0. The fraction of sp³-hybridized carbons (Fsp3) is 0.389. The van der Waals surface area contributed by atoms with E-state index in [1.165, 1.54) is 0 Å². The van der Waals surface area contributed by atoms with Gasteiger partial charge in [-0.1, -0.05) is 27.5 Å². The highest BCUT2D eigenvalue weighted by atomic mass is 79.9. The van der Waals surface area contributed by atoms with Gasteiger partial charge in [-0.25, -0.2) is 0 Å². The van der Waals surface area contributed by atoms with Gasteiger partial charge in [0.2, 0.25) is 0 Å². The van der Waals surface area contributed by atoms with Crippen LogP contribution in [-0.2, 0) is 11.3 Å². The summed E-state index contributed by atoms with van der Waals surface area (Å²) < 4.78 is 17.4. The number of nitrogens with zero attached hydrogens (tertiary/aromatic N) is 1. The van der Waals surface area contributed by atoms with E-state index in [4.69, 9.17) is 25.5 Å². The van der Waals surface area contributed by atoms with Crippen LogP contribution in [0.15, 0.2) is 39.2 Å². The van der Waals surface area contributed by atoms with E-state index >= 15 is 0 Å². The van der Waals surface area contributed by atoms with Gasteiger partial charge in [-0.05, 0) is 30.3 Å². The Kier molecular flexibility index (Phi) is 6.96. The molecule has 1 saturated heterocycles. The Hall–Kier alpha value is -1.54. The molecular formula is C18H20BrClN2O4. The van der Waals surface area contributed by atoms with Crippen molar-refractivity contribution < 1.29 is 18.7 Å². The summed E-state index contributed by atoms with van der Waals surface area (Å²) in [5.74, 6) is 1.16. The van der Waals surface area contributed by atoms with Crippen LogP contribution < -0.4 is 10.1 Å². The Morgan fingerprint density at radius 3 is 2.85 bits per heavy atom. The van der Waals surface area contributed by atoms with Crippen LogP contribution in [0.3, 0.4) is 0 Å². The number of carbonyl (C=O) groups is 1. The predicted molar refractivity (Wildman–Crippen MR) is 102 cm³/mol. The third-order valence-corrected chi connectivity index (χ3v) is 4.76. The topological polar surface area (TPSA) is 63.9 Å². The number of halogens is 2. The molecule has 8 heteroatoms. The molecule has 1 fully saturated rings. The van der Waals surface area contributed by atoms with Gasteiger partial charge in [0, 0.05) is 30.7 Å². The maximum atomic E-state index is 12.2. The van der Waals surface area contributed by atoms with Crippen LogP contribution in [0.2, 0.25) is 5.02 Å². The number of rotatable bonds is 7. The molecular weight excluding hydrogens is 424 g/mol. The number of carbonyl (C=O) groups excluding carboxylic acids is 1. The summed E-state index contributed by atoms with van der Waals surface area (Å²) in [6.45, 7) is 4.86. The first-order valence-corrected chi connectivity index (χ1v) is 9.54. The lowest BCUT2D eigenvalue weighted by atomic mass is 10.3. The molecule has 0 radical (unpaired) electrons. The molecule has 1 aliphatic heterocycles. The number of amides is 1. The molecule has 1 aromatic heterocycles. The van der Waals surface area contributed by atoms with Crippen molar-refractivity contribution in [1.29, 1.82) is 0 Å². The molecule has 0 atom stereocenters. The highest BCUT2D eigenvalue weighted by Gasteiger charge is 2.14. The van der Waals surface area contributed by atoms with Crippen LogP contribution in [0.5, 0.6) is 5.75 Å². The monoisotopic (exact) mass is 442 g/mol. The lowest BCUT2D eigenvalue weighted by Crippen LogP contribution is -2.41. The number of hydrogen-bond donors (Lipinski definition) is 1. The summed E-state index contributed by atoms with van der Waals surface area (Å²) in [6, 6.07) is 8.74. The number of benzene rings is 1. The standard InChI is InChI=1S/C18H20BrClN2O4/c19-13-1-3-16(15(20)11-13)25-12-14-2-4-17(26-14)18(23)21-5-6-22-7-9-24-10-8-22/h1-4,11H,5-10,12H2,(H,21,23). The highest BCUT2D eigenvalue weighted by Crippen LogP contribution is 2.28. The van der Waals surface area contributed by atoms with E-state index in [-0.39, 0.29) is 18.3 Å². The normalized spacial score (nSPS) is 15.0. The summed E-state index contributed by atoms with van der Waals surface area (Å²) in [6.07, 6.45) is 0. The van der Waals surface area contributed by atoms with E-state index in [1.807, 2.05) is 6.07 Å². The van der Waals surface area contributed by atoms with E-state index in [0.717, 1.165) is 37.3 Å². The minimum Gasteiger partial charge on any atom is -0.484 e. The molecule has 0 bridgehead atoms. The molecule has 0 aliphatic carbocycles. The van der Waals surface area contributed by atoms with Crippen molar-refractivity contribution in [3.8, 4) is 5.75 Å². The van der Waals surface area contributed by atoms with Gasteiger partial charge in [-0.2, -0.15) is 0 Å². The molecule has 1 aromatic carbocycles. The molecule has 2 aromatic rings. The first-order chi connectivity index (χ1) is 12.6. The number of nitrogens with one attached hydrogen (secondary N) is 1. The van der Waals surface area contributed by atoms with Gasteiger partial charge in [0.1, 0.15) is 18.1 Å². The minimum atomic E-state index is -0.230. The minimum absolute atomic E-state index is 0.197. The van der Waals surface area contributed by atoms with Crippen molar-refractivity contribution in [2.24, 2.45) is 0 Å². The van der Waals surface area contributed by atoms with Crippen LogP contribution in [0.1, 0.15) is 16.3 Å². The Balaban J connectivity index is 1.45. The third-order valence-electron chi connectivity index (χ3n) is 3.97. The fourth-order valence-electron chi connectivity index (χ4n) is 2.56. The Morgan fingerprint density at radius 1 is 1.27 bits per heavy atom. The molecule has 6 nitrogen and oxygen atoms in total. The van der Waals surface area contributed by atoms with Gasteiger partial charge < -0.3 is 19.2 Å². The van der Waals surface area contributed by atoms with Gasteiger partial charge in [0.25, 0.3) is 5.91 Å². The van der Waals surface area contributed by atoms with Crippen molar-refractivity contribution in [3.63, 3.8) is 0 Å². The van der Waals surface area contributed by atoms with Crippen molar-refractivity contribution in [2.75, 3.05) is 39.4 Å². The van der Waals surface area contributed by atoms with E-state index < -0.39 is 0 Å². The van der Waals surface area contributed by atoms with E-state index in [1.54, 1.807) is 24.3 Å². The van der Waals surface area contributed by atoms with Crippen molar-refractivity contribution in [1.82, 2.24) is 10.2 Å². The summed E-state index contributed by atoms with van der Waals surface area (Å²) in [4.78, 5) is 14.4. The highest BCUT2D eigenvalue weighted by molar-refractivity contribution is 9.10. The zero-order valence-corrected chi connectivity index (χ0v) is 16.5. The van der Waals surface area contributed by atoms with Gasteiger partial charge in [-0.15, -0.1) is 0 Å². The quantitative estimate of drug-likeness (QED) is 0.711. The van der Waals surface area contributed by atoms with Crippen molar-refractivity contribution in [3.05, 3.63) is 51.3 Å². The second kappa shape index (κ2) is 9.41. The number of morpholine rings is 1. The van der Waals surface area contributed by atoms with Crippen molar-refractivity contribution in [2.45, 2.75) is 6.61 Å². The fourth-order valence-corrected chi connectivity index (χ4v) is 3.29. The lowest BCUT2D eigenvalue weighted by molar-refractivity contribution is 0.0382. The molecule has 3 rings (SSSR count).